The summed E-state index contributed by atoms with van der Waals surface area (Å²) in [5.41, 5.74) is 1.47. The molecular formula is C14H17N3O4. The van der Waals surface area contributed by atoms with Gasteiger partial charge < -0.3 is 14.6 Å². The number of aromatic nitrogens is 1. The molecule has 112 valence electrons. The van der Waals surface area contributed by atoms with Crippen LogP contribution in [0.3, 0.4) is 0 Å². The zero-order valence-corrected chi connectivity index (χ0v) is 12.0. The molecule has 2 rings (SSSR count). The molecule has 1 aromatic heterocycles. The Hall–Kier alpha value is -2.41. The molecule has 21 heavy (non-hydrogen) atoms. The summed E-state index contributed by atoms with van der Waals surface area (Å²) in [7, 11) is 0. The molecule has 0 bridgehead atoms. The average Bonchev–Trinajstić information content (AvgIpc) is 2.88. The SMILES string of the molecule is CCNCc1cc([N+](=O)[O-])ccc1OCc1cc(C)on1. The number of nitro benzene ring substituents is 1. The Kier molecular flexibility index (Phi) is 4.89. The maximum atomic E-state index is 10.8. The van der Waals surface area contributed by atoms with Gasteiger partial charge in [-0.25, -0.2) is 0 Å². The van der Waals surface area contributed by atoms with Crippen molar-refractivity contribution in [1.82, 2.24) is 10.5 Å². The molecule has 1 N–H and O–H groups in total. The quantitative estimate of drug-likeness (QED) is 0.623. The Balaban J connectivity index is 2.14. The summed E-state index contributed by atoms with van der Waals surface area (Å²) in [6.45, 7) is 5.30. The predicted octanol–water partition coefficient (Wildman–Crippen LogP) is 2.58. The van der Waals surface area contributed by atoms with Crippen molar-refractivity contribution in [3.05, 3.63) is 51.4 Å². The third kappa shape index (κ3) is 4.03. The normalized spacial score (nSPS) is 10.6. The Labute approximate surface area is 122 Å². The largest absolute Gasteiger partial charge is 0.487 e. The fourth-order valence-electron chi connectivity index (χ4n) is 1.86. The summed E-state index contributed by atoms with van der Waals surface area (Å²) in [5, 5.41) is 17.8. The molecule has 7 nitrogen and oxygen atoms in total. The lowest BCUT2D eigenvalue weighted by atomic mass is 10.1. The van der Waals surface area contributed by atoms with Gasteiger partial charge in [-0.3, -0.25) is 10.1 Å². The van der Waals surface area contributed by atoms with Crippen LogP contribution in [0.15, 0.2) is 28.8 Å². The van der Waals surface area contributed by atoms with Gasteiger partial charge in [-0.15, -0.1) is 0 Å². The first-order valence-electron chi connectivity index (χ1n) is 6.63. The predicted molar refractivity (Wildman–Crippen MR) is 76.0 cm³/mol. The van der Waals surface area contributed by atoms with Crippen molar-refractivity contribution in [2.45, 2.75) is 27.0 Å². The van der Waals surface area contributed by atoms with Gasteiger partial charge in [0.25, 0.3) is 5.69 Å². The van der Waals surface area contributed by atoms with Gasteiger partial charge in [-0.2, -0.15) is 0 Å². The van der Waals surface area contributed by atoms with Crippen LogP contribution in [0.4, 0.5) is 5.69 Å². The molecule has 0 radical (unpaired) electrons. The van der Waals surface area contributed by atoms with E-state index in [1.807, 2.05) is 6.92 Å². The minimum absolute atomic E-state index is 0.0486. The molecule has 1 aromatic carbocycles. The van der Waals surface area contributed by atoms with E-state index in [4.69, 9.17) is 9.26 Å². The van der Waals surface area contributed by atoms with Gasteiger partial charge in [-0.1, -0.05) is 12.1 Å². The van der Waals surface area contributed by atoms with Crippen LogP contribution in [0.25, 0.3) is 0 Å². The molecule has 1 heterocycles. The van der Waals surface area contributed by atoms with E-state index in [9.17, 15) is 10.1 Å². The van der Waals surface area contributed by atoms with E-state index < -0.39 is 4.92 Å². The second-order valence-electron chi connectivity index (χ2n) is 4.55. The number of nitrogens with one attached hydrogen (secondary N) is 1. The van der Waals surface area contributed by atoms with Crippen LogP contribution in [-0.2, 0) is 13.2 Å². The molecule has 0 fully saturated rings. The van der Waals surface area contributed by atoms with Gasteiger partial charge in [0.2, 0.25) is 0 Å². The van der Waals surface area contributed by atoms with Crippen molar-refractivity contribution < 1.29 is 14.2 Å². The van der Waals surface area contributed by atoms with Crippen molar-refractivity contribution in [2.24, 2.45) is 0 Å². The molecule has 0 atom stereocenters. The Bertz CT molecular complexity index is 624. The minimum Gasteiger partial charge on any atom is -0.487 e. The van der Waals surface area contributed by atoms with Gasteiger partial charge >= 0.3 is 0 Å². The lowest BCUT2D eigenvalue weighted by Crippen LogP contribution is -2.13. The summed E-state index contributed by atoms with van der Waals surface area (Å²) in [5.74, 6) is 1.31. The van der Waals surface area contributed by atoms with Crippen LogP contribution in [0.2, 0.25) is 0 Å². The van der Waals surface area contributed by atoms with E-state index >= 15 is 0 Å². The first kappa shape index (κ1) is 15.0. The fourth-order valence-corrected chi connectivity index (χ4v) is 1.86. The second-order valence-corrected chi connectivity index (χ2v) is 4.55. The van der Waals surface area contributed by atoms with Crippen LogP contribution < -0.4 is 10.1 Å². The number of benzene rings is 1. The highest BCUT2D eigenvalue weighted by atomic mass is 16.6. The van der Waals surface area contributed by atoms with Crippen molar-refractivity contribution >= 4 is 5.69 Å². The topological polar surface area (TPSA) is 90.4 Å². The zero-order chi connectivity index (χ0) is 15.2. The van der Waals surface area contributed by atoms with E-state index in [1.165, 1.54) is 12.1 Å². The highest BCUT2D eigenvalue weighted by Crippen LogP contribution is 2.25. The molecule has 0 unspecified atom stereocenters. The summed E-state index contributed by atoms with van der Waals surface area (Å²) < 4.78 is 10.7. The number of non-ortho nitro benzene ring substituents is 1. The van der Waals surface area contributed by atoms with Gasteiger partial charge in [0.1, 0.15) is 23.8 Å². The first-order valence-corrected chi connectivity index (χ1v) is 6.63. The molecule has 0 saturated heterocycles. The molecule has 0 amide bonds. The standard InChI is InChI=1S/C14H17N3O4/c1-3-15-8-11-7-13(17(18)19)4-5-14(11)20-9-12-6-10(2)21-16-12/h4-7,15H,3,8-9H2,1-2H3. The fraction of sp³-hybridized carbons (Fsp3) is 0.357. The molecule has 0 aliphatic rings. The van der Waals surface area contributed by atoms with Crippen LogP contribution in [0.5, 0.6) is 5.75 Å². The van der Waals surface area contributed by atoms with Gasteiger partial charge in [0.15, 0.2) is 0 Å². The third-order valence-corrected chi connectivity index (χ3v) is 2.87. The smallest absolute Gasteiger partial charge is 0.270 e. The van der Waals surface area contributed by atoms with E-state index in [1.54, 1.807) is 19.1 Å². The van der Waals surface area contributed by atoms with Crippen LogP contribution in [0.1, 0.15) is 23.9 Å². The molecule has 0 saturated carbocycles. The Morgan fingerprint density at radius 2 is 2.24 bits per heavy atom. The minimum atomic E-state index is -0.416. The van der Waals surface area contributed by atoms with Crippen LogP contribution in [-0.4, -0.2) is 16.6 Å². The van der Waals surface area contributed by atoms with E-state index in [2.05, 4.69) is 10.5 Å². The molecule has 0 spiro atoms. The lowest BCUT2D eigenvalue weighted by molar-refractivity contribution is -0.384. The summed E-state index contributed by atoms with van der Waals surface area (Å²) >= 11 is 0. The number of nitrogens with zero attached hydrogens (tertiary/aromatic N) is 2. The number of nitro groups is 1. The maximum absolute atomic E-state index is 10.8. The molecular weight excluding hydrogens is 274 g/mol. The summed E-state index contributed by atoms with van der Waals surface area (Å²) in [4.78, 5) is 10.4. The number of ether oxygens (including phenoxy) is 1. The van der Waals surface area contributed by atoms with Crippen LogP contribution >= 0.6 is 0 Å². The summed E-state index contributed by atoms with van der Waals surface area (Å²) in [6, 6.07) is 6.35. The van der Waals surface area contributed by atoms with Crippen molar-refractivity contribution in [3.63, 3.8) is 0 Å². The third-order valence-electron chi connectivity index (χ3n) is 2.87. The zero-order valence-electron chi connectivity index (χ0n) is 12.0. The second kappa shape index (κ2) is 6.85. The van der Waals surface area contributed by atoms with Crippen molar-refractivity contribution in [3.8, 4) is 5.75 Å². The van der Waals surface area contributed by atoms with E-state index in [0.29, 0.717) is 23.7 Å². The van der Waals surface area contributed by atoms with E-state index in [-0.39, 0.29) is 12.3 Å². The Morgan fingerprint density at radius 1 is 1.43 bits per heavy atom. The Morgan fingerprint density at radius 3 is 2.86 bits per heavy atom. The number of rotatable bonds is 7. The van der Waals surface area contributed by atoms with Crippen LogP contribution in [0, 0.1) is 17.0 Å². The lowest BCUT2D eigenvalue weighted by Gasteiger charge is -2.10. The molecule has 7 heteroatoms. The highest BCUT2D eigenvalue weighted by Gasteiger charge is 2.12. The molecule has 0 aliphatic carbocycles. The van der Waals surface area contributed by atoms with E-state index in [0.717, 1.165) is 12.1 Å². The van der Waals surface area contributed by atoms with Crippen molar-refractivity contribution in [2.75, 3.05) is 6.54 Å². The number of hydrogen-bond acceptors (Lipinski definition) is 6. The highest BCUT2D eigenvalue weighted by molar-refractivity contribution is 5.43. The summed E-state index contributed by atoms with van der Waals surface area (Å²) in [6.07, 6.45) is 0. The van der Waals surface area contributed by atoms with Gasteiger partial charge in [0, 0.05) is 30.3 Å². The van der Waals surface area contributed by atoms with Gasteiger partial charge in [-0.05, 0) is 19.5 Å². The number of hydrogen-bond donors (Lipinski definition) is 1. The average molecular weight is 291 g/mol. The molecule has 0 aliphatic heterocycles. The van der Waals surface area contributed by atoms with Gasteiger partial charge in [0.05, 0.1) is 4.92 Å². The maximum Gasteiger partial charge on any atom is 0.270 e. The molecule has 2 aromatic rings. The number of aryl methyl sites for hydroxylation is 1. The van der Waals surface area contributed by atoms with Crippen molar-refractivity contribution in [1.29, 1.82) is 0 Å². The monoisotopic (exact) mass is 291 g/mol. The first-order chi connectivity index (χ1) is 10.1.